The monoisotopic (exact) mass is 440 g/mol. The molecule has 0 unspecified atom stereocenters. The molecule has 6 nitrogen and oxygen atoms in total. The molecular formula is C24H29ClN4O2. The van der Waals surface area contributed by atoms with Crippen LogP contribution in [0.15, 0.2) is 41.5 Å². The van der Waals surface area contributed by atoms with Gasteiger partial charge in [-0.25, -0.2) is 5.43 Å². The maximum Gasteiger partial charge on any atom is 0.329 e. The van der Waals surface area contributed by atoms with Crippen LogP contribution in [0.5, 0.6) is 0 Å². The van der Waals surface area contributed by atoms with E-state index in [1.807, 2.05) is 26.0 Å². The van der Waals surface area contributed by atoms with Gasteiger partial charge in [-0.15, -0.1) is 0 Å². The number of hydrogen-bond acceptors (Lipinski definition) is 4. The van der Waals surface area contributed by atoms with E-state index in [4.69, 9.17) is 11.6 Å². The van der Waals surface area contributed by atoms with Gasteiger partial charge in [-0.3, -0.25) is 9.59 Å². The predicted octanol–water partition coefficient (Wildman–Crippen LogP) is 4.85. The van der Waals surface area contributed by atoms with Crippen molar-refractivity contribution in [3.63, 3.8) is 0 Å². The molecule has 0 saturated heterocycles. The molecule has 0 aliphatic heterocycles. The molecule has 0 spiro atoms. The fraction of sp³-hybridized carbons (Fsp3) is 0.375. The number of anilines is 2. The Hall–Kier alpha value is -2.86. The van der Waals surface area contributed by atoms with Crippen LogP contribution in [0, 0.1) is 19.8 Å². The van der Waals surface area contributed by atoms with Gasteiger partial charge in [0.1, 0.15) is 0 Å². The molecule has 1 saturated carbocycles. The highest BCUT2D eigenvalue weighted by Gasteiger charge is 2.25. The number of rotatable bonds is 5. The summed E-state index contributed by atoms with van der Waals surface area (Å²) in [6.45, 7) is 6.16. The van der Waals surface area contributed by atoms with Gasteiger partial charge in [0.25, 0.3) is 0 Å². The molecule has 2 amide bonds. The van der Waals surface area contributed by atoms with Crippen LogP contribution in [0.2, 0.25) is 5.02 Å². The van der Waals surface area contributed by atoms with Crippen molar-refractivity contribution in [2.24, 2.45) is 11.0 Å². The number of benzene rings is 2. The van der Waals surface area contributed by atoms with Gasteiger partial charge in [0.2, 0.25) is 0 Å². The maximum atomic E-state index is 12.2. The van der Waals surface area contributed by atoms with E-state index >= 15 is 0 Å². The number of halogens is 1. The first kappa shape index (κ1) is 22.8. The summed E-state index contributed by atoms with van der Waals surface area (Å²) in [7, 11) is 0. The highest BCUT2D eigenvalue weighted by Crippen LogP contribution is 2.26. The van der Waals surface area contributed by atoms with Gasteiger partial charge in [0.05, 0.1) is 6.21 Å². The molecular weight excluding hydrogens is 412 g/mol. The number of amides is 2. The molecule has 3 N–H and O–H groups in total. The zero-order valence-electron chi connectivity index (χ0n) is 18.2. The molecule has 7 heteroatoms. The third-order valence-electron chi connectivity index (χ3n) is 5.68. The summed E-state index contributed by atoms with van der Waals surface area (Å²) in [5.41, 5.74) is 7.01. The standard InChI is InChI=1S/C24H29ClN4O2/c1-15-8-9-17(3)22(12-15)27-21-11-10-19(25)13-18(21)14-26-29-24(31)23(30)28-20-7-5-4-6-16(20)2/h8-14,16,20,27H,4-7H2,1-3H3,(H,28,30)(H,29,31)/b26-14-/t16-,20+/m1/s1. The van der Waals surface area contributed by atoms with E-state index in [2.05, 4.69) is 40.2 Å². The van der Waals surface area contributed by atoms with Gasteiger partial charge in [-0.05, 0) is 68.0 Å². The number of carbonyl (C=O) groups is 2. The van der Waals surface area contributed by atoms with Crippen LogP contribution in [0.25, 0.3) is 0 Å². The van der Waals surface area contributed by atoms with Gasteiger partial charge in [0.15, 0.2) is 0 Å². The lowest BCUT2D eigenvalue weighted by atomic mass is 9.86. The SMILES string of the molecule is Cc1ccc(C)c(Nc2ccc(Cl)cc2/C=N\NC(=O)C(=O)N[C@H]2CCCC[C@H]2C)c1. The van der Waals surface area contributed by atoms with E-state index in [0.717, 1.165) is 41.8 Å². The predicted molar refractivity (Wildman–Crippen MR) is 126 cm³/mol. The summed E-state index contributed by atoms with van der Waals surface area (Å²) in [4.78, 5) is 24.4. The van der Waals surface area contributed by atoms with Crippen molar-refractivity contribution in [2.75, 3.05) is 5.32 Å². The minimum absolute atomic E-state index is 0.0391. The molecule has 0 heterocycles. The Balaban J connectivity index is 1.66. The van der Waals surface area contributed by atoms with Crippen molar-refractivity contribution in [1.82, 2.24) is 10.7 Å². The van der Waals surface area contributed by atoms with Crippen LogP contribution in [0.4, 0.5) is 11.4 Å². The molecule has 0 aromatic heterocycles. The molecule has 2 atom stereocenters. The first-order valence-corrected chi connectivity index (χ1v) is 11.0. The fourth-order valence-electron chi connectivity index (χ4n) is 3.75. The Bertz CT molecular complexity index is 990. The van der Waals surface area contributed by atoms with E-state index in [1.54, 1.807) is 12.1 Å². The van der Waals surface area contributed by atoms with Crippen LogP contribution in [0.1, 0.15) is 49.3 Å². The Kier molecular flexibility index (Phi) is 7.69. The normalized spacial score (nSPS) is 18.6. The summed E-state index contributed by atoms with van der Waals surface area (Å²) in [6, 6.07) is 11.6. The second kappa shape index (κ2) is 10.4. The van der Waals surface area contributed by atoms with E-state index in [0.29, 0.717) is 16.5 Å². The second-order valence-corrected chi connectivity index (χ2v) is 8.65. The molecule has 3 rings (SSSR count). The zero-order valence-corrected chi connectivity index (χ0v) is 18.9. The number of nitrogens with zero attached hydrogens (tertiary/aromatic N) is 1. The highest BCUT2D eigenvalue weighted by atomic mass is 35.5. The van der Waals surface area contributed by atoms with Crippen LogP contribution >= 0.6 is 11.6 Å². The largest absolute Gasteiger partial charge is 0.355 e. The first-order chi connectivity index (χ1) is 14.8. The molecule has 1 fully saturated rings. The minimum Gasteiger partial charge on any atom is -0.355 e. The van der Waals surface area contributed by atoms with Crippen molar-refractivity contribution in [3.05, 3.63) is 58.1 Å². The highest BCUT2D eigenvalue weighted by molar-refractivity contribution is 6.35. The Labute approximate surface area is 188 Å². The van der Waals surface area contributed by atoms with Gasteiger partial charge in [-0.1, -0.05) is 43.5 Å². The lowest BCUT2D eigenvalue weighted by Crippen LogP contribution is -2.46. The molecule has 1 aliphatic carbocycles. The van der Waals surface area contributed by atoms with Crippen LogP contribution in [-0.2, 0) is 9.59 Å². The van der Waals surface area contributed by atoms with Crippen LogP contribution < -0.4 is 16.1 Å². The van der Waals surface area contributed by atoms with Crippen LogP contribution in [0.3, 0.4) is 0 Å². The second-order valence-electron chi connectivity index (χ2n) is 8.22. The fourth-order valence-corrected chi connectivity index (χ4v) is 3.93. The summed E-state index contributed by atoms with van der Waals surface area (Å²) >= 11 is 6.15. The molecule has 0 bridgehead atoms. The van der Waals surface area contributed by atoms with Gasteiger partial charge < -0.3 is 10.6 Å². The van der Waals surface area contributed by atoms with E-state index in [-0.39, 0.29) is 6.04 Å². The Morgan fingerprint density at radius 1 is 1.03 bits per heavy atom. The minimum atomic E-state index is -0.778. The lowest BCUT2D eigenvalue weighted by Gasteiger charge is -2.29. The molecule has 0 radical (unpaired) electrons. The van der Waals surface area contributed by atoms with Crippen molar-refractivity contribution < 1.29 is 9.59 Å². The van der Waals surface area contributed by atoms with E-state index in [1.165, 1.54) is 12.6 Å². The van der Waals surface area contributed by atoms with Gasteiger partial charge in [0, 0.05) is 28.0 Å². The van der Waals surface area contributed by atoms with E-state index in [9.17, 15) is 9.59 Å². The molecule has 2 aromatic carbocycles. The van der Waals surface area contributed by atoms with Crippen molar-refractivity contribution in [1.29, 1.82) is 0 Å². The third kappa shape index (κ3) is 6.31. The lowest BCUT2D eigenvalue weighted by molar-refractivity contribution is -0.139. The van der Waals surface area contributed by atoms with Gasteiger partial charge in [-0.2, -0.15) is 5.10 Å². The number of nitrogens with one attached hydrogen (secondary N) is 3. The zero-order chi connectivity index (χ0) is 22.4. The van der Waals surface area contributed by atoms with Crippen molar-refractivity contribution in [2.45, 2.75) is 52.5 Å². The third-order valence-corrected chi connectivity index (χ3v) is 5.92. The topological polar surface area (TPSA) is 82.6 Å². The molecule has 164 valence electrons. The maximum absolute atomic E-state index is 12.2. The summed E-state index contributed by atoms with van der Waals surface area (Å²) < 4.78 is 0. The van der Waals surface area contributed by atoms with E-state index < -0.39 is 11.8 Å². The molecule has 31 heavy (non-hydrogen) atoms. The number of hydrogen-bond donors (Lipinski definition) is 3. The van der Waals surface area contributed by atoms with Gasteiger partial charge >= 0.3 is 11.8 Å². The average Bonchev–Trinajstić information content (AvgIpc) is 2.74. The summed E-state index contributed by atoms with van der Waals surface area (Å²) in [5, 5.41) is 10.7. The summed E-state index contributed by atoms with van der Waals surface area (Å²) in [6.07, 6.45) is 5.69. The number of hydrazone groups is 1. The summed E-state index contributed by atoms with van der Waals surface area (Å²) in [5.74, 6) is -1.06. The smallest absolute Gasteiger partial charge is 0.329 e. The Morgan fingerprint density at radius 3 is 2.58 bits per heavy atom. The quantitative estimate of drug-likeness (QED) is 0.353. The average molecular weight is 441 g/mol. The number of aryl methyl sites for hydroxylation is 2. The van der Waals surface area contributed by atoms with Crippen molar-refractivity contribution in [3.8, 4) is 0 Å². The van der Waals surface area contributed by atoms with Crippen molar-refractivity contribution >= 4 is 41.0 Å². The molecule has 1 aliphatic rings. The first-order valence-electron chi connectivity index (χ1n) is 10.6. The molecule has 2 aromatic rings. The number of carbonyl (C=O) groups excluding carboxylic acids is 2. The Morgan fingerprint density at radius 2 is 1.81 bits per heavy atom. The van der Waals surface area contributed by atoms with Crippen LogP contribution in [-0.4, -0.2) is 24.1 Å².